The largest absolute Gasteiger partial charge is 0.337 e. The van der Waals surface area contributed by atoms with Gasteiger partial charge in [-0.05, 0) is 42.2 Å². The fourth-order valence-electron chi connectivity index (χ4n) is 2.97. The molecule has 1 saturated heterocycles. The van der Waals surface area contributed by atoms with Crippen molar-refractivity contribution in [1.29, 1.82) is 0 Å². The van der Waals surface area contributed by atoms with E-state index in [1.165, 1.54) is 5.56 Å². The molecule has 1 fully saturated rings. The standard InChI is InChI=1S/C20H23N3O2/c1-15(16-6-3-2-4-7-16)14-21-20(25)22-17-9-11-18(12-10-17)23-13-5-8-19(23)24/h2-4,6-7,9-12,15H,5,8,13-14H2,1H3,(H2,21,22,25). The summed E-state index contributed by atoms with van der Waals surface area (Å²) in [6.07, 6.45) is 1.52. The number of hydrogen-bond donors (Lipinski definition) is 2. The van der Waals surface area contributed by atoms with Gasteiger partial charge in [0.05, 0.1) is 0 Å². The third-order valence-electron chi connectivity index (χ3n) is 4.45. The lowest BCUT2D eigenvalue weighted by atomic mass is 10.0. The van der Waals surface area contributed by atoms with E-state index in [-0.39, 0.29) is 17.9 Å². The van der Waals surface area contributed by atoms with Crippen LogP contribution in [0.1, 0.15) is 31.2 Å². The van der Waals surface area contributed by atoms with Crippen LogP contribution in [-0.4, -0.2) is 25.0 Å². The molecule has 2 aromatic rings. The van der Waals surface area contributed by atoms with Gasteiger partial charge in [0, 0.05) is 30.9 Å². The summed E-state index contributed by atoms with van der Waals surface area (Å²) < 4.78 is 0. The predicted molar refractivity (Wildman–Crippen MR) is 99.9 cm³/mol. The van der Waals surface area contributed by atoms with E-state index in [9.17, 15) is 9.59 Å². The second-order valence-corrected chi connectivity index (χ2v) is 6.34. The number of amides is 3. The van der Waals surface area contributed by atoms with Gasteiger partial charge in [-0.2, -0.15) is 0 Å². The predicted octanol–water partition coefficient (Wildman–Crippen LogP) is 3.74. The first kappa shape index (κ1) is 17.0. The zero-order chi connectivity index (χ0) is 17.6. The first-order valence-electron chi connectivity index (χ1n) is 8.64. The van der Waals surface area contributed by atoms with E-state index >= 15 is 0 Å². The number of carbonyl (C=O) groups excluding carboxylic acids is 2. The van der Waals surface area contributed by atoms with Crippen LogP contribution < -0.4 is 15.5 Å². The molecule has 0 radical (unpaired) electrons. The second kappa shape index (κ2) is 7.83. The topological polar surface area (TPSA) is 61.4 Å². The van der Waals surface area contributed by atoms with E-state index in [1.807, 2.05) is 42.5 Å². The molecule has 1 aliphatic rings. The van der Waals surface area contributed by atoms with Crippen LogP contribution >= 0.6 is 0 Å². The van der Waals surface area contributed by atoms with Crippen molar-refractivity contribution >= 4 is 23.3 Å². The van der Waals surface area contributed by atoms with Gasteiger partial charge in [0.25, 0.3) is 0 Å². The highest BCUT2D eigenvalue weighted by Crippen LogP contribution is 2.23. The molecule has 0 spiro atoms. The lowest BCUT2D eigenvalue weighted by molar-refractivity contribution is -0.117. The van der Waals surface area contributed by atoms with Crippen molar-refractivity contribution in [3.63, 3.8) is 0 Å². The van der Waals surface area contributed by atoms with Crippen LogP contribution in [0.2, 0.25) is 0 Å². The van der Waals surface area contributed by atoms with E-state index < -0.39 is 0 Å². The number of rotatable bonds is 5. The summed E-state index contributed by atoms with van der Waals surface area (Å²) in [7, 11) is 0. The summed E-state index contributed by atoms with van der Waals surface area (Å²) in [6.45, 7) is 3.41. The van der Waals surface area contributed by atoms with E-state index in [2.05, 4.69) is 29.7 Å². The number of benzene rings is 2. The normalized spacial score (nSPS) is 15.1. The highest BCUT2D eigenvalue weighted by molar-refractivity contribution is 5.96. The van der Waals surface area contributed by atoms with Gasteiger partial charge in [0.2, 0.25) is 5.91 Å². The molecule has 5 heteroatoms. The third kappa shape index (κ3) is 4.38. The van der Waals surface area contributed by atoms with Gasteiger partial charge in [0.15, 0.2) is 0 Å². The van der Waals surface area contributed by atoms with Crippen molar-refractivity contribution in [3.05, 3.63) is 60.2 Å². The van der Waals surface area contributed by atoms with Crippen molar-refractivity contribution in [3.8, 4) is 0 Å². The summed E-state index contributed by atoms with van der Waals surface area (Å²) in [6, 6.07) is 17.2. The van der Waals surface area contributed by atoms with Crippen LogP contribution in [0, 0.1) is 0 Å². The molecule has 1 unspecified atom stereocenters. The first-order chi connectivity index (χ1) is 12.1. The van der Waals surface area contributed by atoms with Gasteiger partial charge >= 0.3 is 6.03 Å². The van der Waals surface area contributed by atoms with E-state index in [0.29, 0.717) is 18.7 Å². The summed E-state index contributed by atoms with van der Waals surface area (Å²) >= 11 is 0. The van der Waals surface area contributed by atoms with Crippen molar-refractivity contribution in [2.75, 3.05) is 23.3 Å². The fraction of sp³-hybridized carbons (Fsp3) is 0.300. The van der Waals surface area contributed by atoms with Crippen molar-refractivity contribution in [2.45, 2.75) is 25.7 Å². The Morgan fingerprint density at radius 3 is 2.48 bits per heavy atom. The molecule has 130 valence electrons. The van der Waals surface area contributed by atoms with Crippen LogP contribution in [0.5, 0.6) is 0 Å². The Morgan fingerprint density at radius 2 is 1.84 bits per heavy atom. The number of carbonyl (C=O) groups is 2. The average Bonchev–Trinajstić information content (AvgIpc) is 3.07. The lowest BCUT2D eigenvalue weighted by Crippen LogP contribution is -2.31. The van der Waals surface area contributed by atoms with Crippen molar-refractivity contribution < 1.29 is 9.59 Å². The van der Waals surface area contributed by atoms with Crippen molar-refractivity contribution in [1.82, 2.24) is 5.32 Å². The summed E-state index contributed by atoms with van der Waals surface area (Å²) in [4.78, 5) is 25.6. The van der Waals surface area contributed by atoms with E-state index in [0.717, 1.165) is 18.7 Å². The van der Waals surface area contributed by atoms with Crippen LogP contribution in [-0.2, 0) is 4.79 Å². The maximum atomic E-state index is 12.1. The smallest absolute Gasteiger partial charge is 0.319 e. The molecule has 0 saturated carbocycles. The minimum absolute atomic E-state index is 0.161. The third-order valence-corrected chi connectivity index (χ3v) is 4.45. The van der Waals surface area contributed by atoms with Gasteiger partial charge in [-0.1, -0.05) is 37.3 Å². The van der Waals surface area contributed by atoms with Gasteiger partial charge in [-0.25, -0.2) is 4.79 Å². The first-order valence-corrected chi connectivity index (χ1v) is 8.64. The second-order valence-electron chi connectivity index (χ2n) is 6.34. The summed E-state index contributed by atoms with van der Waals surface area (Å²) in [5.74, 6) is 0.406. The average molecular weight is 337 g/mol. The highest BCUT2D eigenvalue weighted by atomic mass is 16.2. The Kier molecular flexibility index (Phi) is 5.33. The van der Waals surface area contributed by atoms with E-state index in [1.54, 1.807) is 4.90 Å². The Balaban J connectivity index is 1.50. The molecule has 5 nitrogen and oxygen atoms in total. The molecule has 25 heavy (non-hydrogen) atoms. The Labute approximate surface area is 148 Å². The Hall–Kier alpha value is -2.82. The SMILES string of the molecule is CC(CNC(=O)Nc1ccc(N2CCCC2=O)cc1)c1ccccc1. The molecule has 1 aliphatic heterocycles. The summed E-state index contributed by atoms with van der Waals surface area (Å²) in [5.41, 5.74) is 2.79. The van der Waals surface area contributed by atoms with Gasteiger partial charge in [-0.15, -0.1) is 0 Å². The molecule has 1 heterocycles. The number of hydrogen-bond acceptors (Lipinski definition) is 2. The Bertz CT molecular complexity index is 728. The molecule has 0 bridgehead atoms. The maximum Gasteiger partial charge on any atom is 0.319 e. The number of urea groups is 1. The summed E-state index contributed by atoms with van der Waals surface area (Å²) in [5, 5.41) is 5.72. The number of anilines is 2. The van der Waals surface area contributed by atoms with Gasteiger partial charge < -0.3 is 15.5 Å². The highest BCUT2D eigenvalue weighted by Gasteiger charge is 2.21. The van der Waals surface area contributed by atoms with Crippen LogP contribution in [0.3, 0.4) is 0 Å². The number of nitrogens with zero attached hydrogens (tertiary/aromatic N) is 1. The van der Waals surface area contributed by atoms with Crippen molar-refractivity contribution in [2.24, 2.45) is 0 Å². The molecule has 0 aromatic heterocycles. The maximum absolute atomic E-state index is 12.1. The molecule has 0 aliphatic carbocycles. The molecule has 3 rings (SSSR count). The minimum atomic E-state index is -0.229. The molecule has 2 N–H and O–H groups in total. The minimum Gasteiger partial charge on any atom is -0.337 e. The molecule has 2 aromatic carbocycles. The van der Waals surface area contributed by atoms with Gasteiger partial charge in [-0.3, -0.25) is 4.79 Å². The van der Waals surface area contributed by atoms with E-state index in [4.69, 9.17) is 0 Å². The van der Waals surface area contributed by atoms with Crippen LogP contribution in [0.15, 0.2) is 54.6 Å². The van der Waals surface area contributed by atoms with Crippen LogP contribution in [0.25, 0.3) is 0 Å². The quantitative estimate of drug-likeness (QED) is 0.873. The molecule has 3 amide bonds. The zero-order valence-electron chi connectivity index (χ0n) is 14.4. The number of nitrogens with one attached hydrogen (secondary N) is 2. The van der Waals surface area contributed by atoms with Gasteiger partial charge in [0.1, 0.15) is 0 Å². The van der Waals surface area contributed by atoms with Crippen LogP contribution in [0.4, 0.5) is 16.2 Å². The molecule has 1 atom stereocenters. The monoisotopic (exact) mass is 337 g/mol. The molecular weight excluding hydrogens is 314 g/mol. The molecular formula is C20H23N3O2. The fourth-order valence-corrected chi connectivity index (χ4v) is 2.97. The zero-order valence-corrected chi connectivity index (χ0v) is 14.4. The Morgan fingerprint density at radius 1 is 1.12 bits per heavy atom. The lowest BCUT2D eigenvalue weighted by Gasteiger charge is -2.16.